The van der Waals surface area contributed by atoms with Crippen LogP contribution in [0.15, 0.2) is 24.3 Å². The summed E-state index contributed by atoms with van der Waals surface area (Å²) in [5.74, 6) is 0.287. The molecule has 0 heterocycles. The summed E-state index contributed by atoms with van der Waals surface area (Å²) < 4.78 is 5.99. The molecule has 0 aliphatic heterocycles. The van der Waals surface area contributed by atoms with Gasteiger partial charge in [0.15, 0.2) is 0 Å². The summed E-state index contributed by atoms with van der Waals surface area (Å²) in [5, 5.41) is 9.07. The van der Waals surface area contributed by atoms with Crippen LogP contribution >= 0.6 is 0 Å². The first-order valence-corrected chi connectivity index (χ1v) is 6.99. The molecule has 1 amide bonds. The van der Waals surface area contributed by atoms with E-state index in [9.17, 15) is 4.79 Å². The van der Waals surface area contributed by atoms with Gasteiger partial charge in [-0.3, -0.25) is 4.79 Å². The van der Waals surface area contributed by atoms with Crippen molar-refractivity contribution in [2.45, 2.75) is 43.7 Å². The molecule has 1 saturated carbocycles. The van der Waals surface area contributed by atoms with Crippen molar-refractivity contribution < 1.29 is 14.6 Å². The molecule has 20 heavy (non-hydrogen) atoms. The highest BCUT2D eigenvalue weighted by Gasteiger charge is 2.38. The maximum Gasteiger partial charge on any atom is 0.237 e. The van der Waals surface area contributed by atoms with Crippen LogP contribution in [0, 0.1) is 0 Å². The Hall–Kier alpha value is -1.59. The lowest BCUT2D eigenvalue weighted by Crippen LogP contribution is -2.56. The van der Waals surface area contributed by atoms with Crippen molar-refractivity contribution in [2.24, 2.45) is 11.5 Å². The summed E-state index contributed by atoms with van der Waals surface area (Å²) in [6.07, 6.45) is 3.18. The molecule has 1 fully saturated rings. The van der Waals surface area contributed by atoms with Gasteiger partial charge in [0.1, 0.15) is 11.9 Å². The van der Waals surface area contributed by atoms with Crippen molar-refractivity contribution in [2.75, 3.05) is 6.61 Å². The van der Waals surface area contributed by atoms with E-state index < -0.39 is 11.4 Å². The van der Waals surface area contributed by atoms with E-state index in [0.29, 0.717) is 19.3 Å². The van der Waals surface area contributed by atoms with Crippen LogP contribution in [0.25, 0.3) is 0 Å². The van der Waals surface area contributed by atoms with Gasteiger partial charge in [0.25, 0.3) is 0 Å². The zero-order valence-electron chi connectivity index (χ0n) is 11.5. The number of carbonyl (C=O) groups is 1. The molecule has 0 saturated heterocycles. The number of hydrogen-bond donors (Lipinski definition) is 3. The Morgan fingerprint density at radius 2 is 2.20 bits per heavy atom. The third-order valence-corrected chi connectivity index (χ3v) is 3.88. The SMILES string of the molecule is NC(=O)C1(N)CCCC(Oc2ccccc2CCO)C1. The minimum atomic E-state index is -0.963. The second-order valence-corrected chi connectivity index (χ2v) is 5.44. The van der Waals surface area contributed by atoms with Gasteiger partial charge in [-0.25, -0.2) is 0 Å². The number of nitrogens with two attached hydrogens (primary N) is 2. The summed E-state index contributed by atoms with van der Waals surface area (Å²) in [7, 11) is 0. The molecular weight excluding hydrogens is 256 g/mol. The van der Waals surface area contributed by atoms with E-state index in [2.05, 4.69) is 0 Å². The van der Waals surface area contributed by atoms with Crippen molar-refractivity contribution >= 4 is 5.91 Å². The van der Waals surface area contributed by atoms with Crippen molar-refractivity contribution in [3.63, 3.8) is 0 Å². The normalized spacial score (nSPS) is 26.2. The van der Waals surface area contributed by atoms with E-state index in [0.717, 1.165) is 24.2 Å². The Labute approximate surface area is 118 Å². The lowest BCUT2D eigenvalue weighted by Gasteiger charge is -2.35. The van der Waals surface area contributed by atoms with Crippen LogP contribution in [0.1, 0.15) is 31.2 Å². The topological polar surface area (TPSA) is 98.6 Å². The van der Waals surface area contributed by atoms with Crippen molar-refractivity contribution in [1.29, 1.82) is 0 Å². The Morgan fingerprint density at radius 1 is 1.45 bits per heavy atom. The second-order valence-electron chi connectivity index (χ2n) is 5.44. The molecular formula is C15H22N2O3. The van der Waals surface area contributed by atoms with E-state index in [1.165, 1.54) is 0 Å². The minimum absolute atomic E-state index is 0.0765. The lowest BCUT2D eigenvalue weighted by atomic mass is 9.80. The Balaban J connectivity index is 2.08. The number of hydrogen-bond acceptors (Lipinski definition) is 4. The second kappa shape index (κ2) is 6.24. The number of aliphatic hydroxyl groups excluding tert-OH is 1. The predicted octanol–water partition coefficient (Wildman–Crippen LogP) is 0.726. The van der Waals surface area contributed by atoms with Gasteiger partial charge in [-0.1, -0.05) is 18.2 Å². The van der Waals surface area contributed by atoms with Gasteiger partial charge < -0.3 is 21.3 Å². The molecule has 1 aromatic rings. The van der Waals surface area contributed by atoms with E-state index in [1.807, 2.05) is 24.3 Å². The number of carbonyl (C=O) groups excluding carboxylic acids is 1. The minimum Gasteiger partial charge on any atom is -0.490 e. The van der Waals surface area contributed by atoms with Gasteiger partial charge in [-0.15, -0.1) is 0 Å². The molecule has 0 aromatic heterocycles. The van der Waals surface area contributed by atoms with Gasteiger partial charge in [0, 0.05) is 13.0 Å². The van der Waals surface area contributed by atoms with Gasteiger partial charge in [-0.05, 0) is 37.3 Å². The molecule has 0 bridgehead atoms. The van der Waals surface area contributed by atoms with Gasteiger partial charge in [0.2, 0.25) is 5.91 Å². The summed E-state index contributed by atoms with van der Waals surface area (Å²) in [4.78, 5) is 11.5. The molecule has 1 aliphatic rings. The van der Waals surface area contributed by atoms with Crippen LogP contribution in [-0.4, -0.2) is 29.3 Å². The third-order valence-electron chi connectivity index (χ3n) is 3.88. The molecule has 2 atom stereocenters. The lowest BCUT2D eigenvalue weighted by molar-refractivity contribution is -0.125. The molecule has 5 N–H and O–H groups in total. The van der Waals surface area contributed by atoms with Gasteiger partial charge in [0.05, 0.1) is 5.54 Å². The monoisotopic (exact) mass is 278 g/mol. The number of benzene rings is 1. The molecule has 2 unspecified atom stereocenters. The summed E-state index contributed by atoms with van der Waals surface area (Å²) in [5.41, 5.74) is 11.4. The molecule has 0 radical (unpaired) electrons. The van der Waals surface area contributed by atoms with Crippen molar-refractivity contribution in [3.05, 3.63) is 29.8 Å². The fourth-order valence-electron chi connectivity index (χ4n) is 2.71. The van der Waals surface area contributed by atoms with Crippen LogP contribution in [0.2, 0.25) is 0 Å². The van der Waals surface area contributed by atoms with Crippen molar-refractivity contribution in [1.82, 2.24) is 0 Å². The first-order chi connectivity index (χ1) is 9.55. The van der Waals surface area contributed by atoms with Crippen molar-refractivity contribution in [3.8, 4) is 5.75 Å². The molecule has 0 spiro atoms. The molecule has 2 rings (SSSR count). The number of amides is 1. The molecule has 1 aromatic carbocycles. The smallest absolute Gasteiger partial charge is 0.237 e. The Kier molecular flexibility index (Phi) is 4.62. The highest BCUT2D eigenvalue weighted by atomic mass is 16.5. The Bertz CT molecular complexity index is 478. The van der Waals surface area contributed by atoms with Gasteiger partial charge in [-0.2, -0.15) is 0 Å². The number of rotatable bonds is 5. The fourth-order valence-corrected chi connectivity index (χ4v) is 2.71. The number of aliphatic hydroxyl groups is 1. The molecule has 5 nitrogen and oxygen atoms in total. The highest BCUT2D eigenvalue weighted by Crippen LogP contribution is 2.30. The average Bonchev–Trinajstić information content (AvgIpc) is 2.41. The van der Waals surface area contributed by atoms with E-state index in [1.54, 1.807) is 0 Å². The summed E-state index contributed by atoms with van der Waals surface area (Å²) in [6.45, 7) is 0.0765. The van der Waals surface area contributed by atoms with Crippen LogP contribution in [-0.2, 0) is 11.2 Å². The molecule has 110 valence electrons. The zero-order valence-corrected chi connectivity index (χ0v) is 11.5. The van der Waals surface area contributed by atoms with E-state index in [4.69, 9.17) is 21.3 Å². The zero-order chi connectivity index (χ0) is 14.6. The molecule has 5 heteroatoms. The maximum atomic E-state index is 11.5. The van der Waals surface area contributed by atoms with Crippen LogP contribution < -0.4 is 16.2 Å². The fraction of sp³-hybridized carbons (Fsp3) is 0.533. The van der Waals surface area contributed by atoms with Crippen LogP contribution in [0.5, 0.6) is 5.75 Å². The maximum absolute atomic E-state index is 11.5. The van der Waals surface area contributed by atoms with E-state index in [-0.39, 0.29) is 12.7 Å². The highest BCUT2D eigenvalue weighted by molar-refractivity contribution is 5.84. The first kappa shape index (κ1) is 14.8. The Morgan fingerprint density at radius 3 is 2.90 bits per heavy atom. The average molecular weight is 278 g/mol. The first-order valence-electron chi connectivity index (χ1n) is 6.99. The number of primary amides is 1. The van der Waals surface area contributed by atoms with Crippen LogP contribution in [0.4, 0.5) is 0 Å². The molecule has 1 aliphatic carbocycles. The largest absolute Gasteiger partial charge is 0.490 e. The van der Waals surface area contributed by atoms with Gasteiger partial charge >= 0.3 is 0 Å². The van der Waals surface area contributed by atoms with Crippen LogP contribution in [0.3, 0.4) is 0 Å². The quantitative estimate of drug-likeness (QED) is 0.739. The number of para-hydroxylation sites is 1. The summed E-state index contributed by atoms with van der Waals surface area (Å²) in [6, 6.07) is 7.61. The number of ether oxygens (including phenoxy) is 1. The standard InChI is InChI=1S/C15H22N2O3/c16-14(19)15(17)8-3-5-12(10-15)20-13-6-2-1-4-11(13)7-9-18/h1-2,4,6,12,18H,3,5,7-10,17H2,(H2,16,19). The third kappa shape index (κ3) is 3.29. The predicted molar refractivity (Wildman–Crippen MR) is 76.2 cm³/mol. The summed E-state index contributed by atoms with van der Waals surface area (Å²) >= 11 is 0. The van der Waals surface area contributed by atoms with E-state index >= 15 is 0 Å².